The van der Waals surface area contributed by atoms with Crippen molar-refractivity contribution in [2.75, 3.05) is 5.32 Å². The van der Waals surface area contributed by atoms with Crippen LogP contribution in [0.25, 0.3) is 0 Å². The molecular weight excluding hydrogens is 436 g/mol. The quantitative estimate of drug-likeness (QED) is 0.171. The lowest BCUT2D eigenvalue weighted by Crippen LogP contribution is -2.33. The van der Waals surface area contributed by atoms with Crippen molar-refractivity contribution in [1.29, 1.82) is 0 Å². The van der Waals surface area contributed by atoms with Gasteiger partial charge < -0.3 is 15.8 Å². The van der Waals surface area contributed by atoms with Crippen LogP contribution in [0.5, 0.6) is 5.75 Å². The number of hydrazone groups is 1. The standard InChI is InChI=1S/C25H22N4O5/c1-15-7-9-18(10-8-15)25(33)34-21-6-4-3-5-20(21)16(2)28-29-24(32)23(31)27-19-13-11-17(12-14-19)22(26)30/h3-14H,1-2H3,(H2,26,30)(H,27,31)(H,29,32)/b28-16+. The molecule has 9 nitrogen and oxygen atoms in total. The summed E-state index contributed by atoms with van der Waals surface area (Å²) in [6, 6.07) is 19.4. The minimum Gasteiger partial charge on any atom is -0.422 e. The number of rotatable bonds is 6. The van der Waals surface area contributed by atoms with Gasteiger partial charge in [0.05, 0.1) is 11.3 Å². The van der Waals surface area contributed by atoms with Crippen LogP contribution in [0, 0.1) is 6.92 Å². The molecule has 3 amide bonds. The number of aryl methyl sites for hydroxylation is 1. The van der Waals surface area contributed by atoms with Crippen molar-refractivity contribution in [1.82, 2.24) is 5.43 Å². The highest BCUT2D eigenvalue weighted by Crippen LogP contribution is 2.20. The molecule has 0 bridgehead atoms. The fraction of sp³-hybridized carbons (Fsp3) is 0.0800. The Morgan fingerprint density at radius 1 is 0.824 bits per heavy atom. The van der Waals surface area contributed by atoms with Crippen molar-refractivity contribution in [2.45, 2.75) is 13.8 Å². The van der Waals surface area contributed by atoms with Gasteiger partial charge in [0.2, 0.25) is 5.91 Å². The molecule has 0 aliphatic rings. The number of ether oxygens (including phenoxy) is 1. The Labute approximate surface area is 195 Å². The van der Waals surface area contributed by atoms with Gasteiger partial charge in [-0.2, -0.15) is 5.10 Å². The summed E-state index contributed by atoms with van der Waals surface area (Å²) in [6.07, 6.45) is 0. The Morgan fingerprint density at radius 2 is 1.44 bits per heavy atom. The number of esters is 1. The Balaban J connectivity index is 1.66. The minimum atomic E-state index is -1.01. The predicted molar refractivity (Wildman–Crippen MR) is 127 cm³/mol. The maximum atomic E-state index is 12.5. The van der Waals surface area contributed by atoms with Crippen molar-refractivity contribution in [3.05, 3.63) is 95.1 Å². The SMILES string of the molecule is C/C(=N\NC(=O)C(=O)Nc1ccc(C(N)=O)cc1)c1ccccc1OC(=O)c1ccc(C)cc1. The summed E-state index contributed by atoms with van der Waals surface area (Å²) >= 11 is 0. The second-order valence-electron chi connectivity index (χ2n) is 7.29. The van der Waals surface area contributed by atoms with Gasteiger partial charge in [-0.15, -0.1) is 0 Å². The van der Waals surface area contributed by atoms with E-state index in [0.717, 1.165) is 5.56 Å². The molecule has 3 aromatic rings. The minimum absolute atomic E-state index is 0.252. The molecular formula is C25H22N4O5. The molecule has 0 saturated carbocycles. The number of para-hydroxylation sites is 1. The normalized spacial score (nSPS) is 10.8. The average Bonchev–Trinajstić information content (AvgIpc) is 2.83. The van der Waals surface area contributed by atoms with E-state index in [1.807, 2.05) is 19.1 Å². The molecule has 0 aliphatic heterocycles. The van der Waals surface area contributed by atoms with Gasteiger partial charge in [0.15, 0.2) is 0 Å². The number of hydrogen-bond donors (Lipinski definition) is 3. The molecule has 3 aromatic carbocycles. The zero-order valence-electron chi connectivity index (χ0n) is 18.5. The number of anilines is 1. The van der Waals surface area contributed by atoms with Gasteiger partial charge >= 0.3 is 17.8 Å². The molecule has 0 heterocycles. The molecule has 34 heavy (non-hydrogen) atoms. The zero-order valence-corrected chi connectivity index (χ0v) is 18.5. The number of amides is 3. The van der Waals surface area contributed by atoms with Crippen LogP contribution in [-0.4, -0.2) is 29.4 Å². The lowest BCUT2D eigenvalue weighted by atomic mass is 10.1. The largest absolute Gasteiger partial charge is 0.422 e. The highest BCUT2D eigenvalue weighted by atomic mass is 16.5. The van der Waals surface area contributed by atoms with E-state index in [1.54, 1.807) is 43.3 Å². The molecule has 0 unspecified atom stereocenters. The number of benzene rings is 3. The number of primary amides is 1. The number of carbonyl (C=O) groups excluding carboxylic acids is 4. The lowest BCUT2D eigenvalue weighted by Gasteiger charge is -2.10. The van der Waals surface area contributed by atoms with Gasteiger partial charge in [-0.05, 0) is 62.4 Å². The molecule has 0 atom stereocenters. The van der Waals surface area contributed by atoms with Crippen LogP contribution in [0.4, 0.5) is 5.69 Å². The third-order valence-electron chi connectivity index (χ3n) is 4.73. The van der Waals surface area contributed by atoms with Crippen LogP contribution in [0.15, 0.2) is 77.9 Å². The molecule has 172 valence electrons. The Hall–Kier alpha value is -4.79. The van der Waals surface area contributed by atoms with E-state index < -0.39 is 23.7 Å². The third kappa shape index (κ3) is 6.13. The molecule has 0 aliphatic carbocycles. The third-order valence-corrected chi connectivity index (χ3v) is 4.73. The second-order valence-corrected chi connectivity index (χ2v) is 7.29. The first kappa shape index (κ1) is 23.9. The molecule has 0 saturated heterocycles. The van der Waals surface area contributed by atoms with Crippen LogP contribution in [0.1, 0.15) is 38.8 Å². The maximum absolute atomic E-state index is 12.5. The maximum Gasteiger partial charge on any atom is 0.343 e. The van der Waals surface area contributed by atoms with E-state index in [0.29, 0.717) is 22.5 Å². The van der Waals surface area contributed by atoms with Crippen molar-refractivity contribution < 1.29 is 23.9 Å². The van der Waals surface area contributed by atoms with E-state index in [-0.39, 0.29) is 11.3 Å². The van der Waals surface area contributed by atoms with Crippen molar-refractivity contribution in [2.24, 2.45) is 10.8 Å². The fourth-order valence-electron chi connectivity index (χ4n) is 2.85. The molecule has 3 rings (SSSR count). The van der Waals surface area contributed by atoms with Crippen LogP contribution in [0.3, 0.4) is 0 Å². The van der Waals surface area contributed by atoms with Gasteiger partial charge in [0.25, 0.3) is 0 Å². The van der Waals surface area contributed by atoms with Crippen LogP contribution in [-0.2, 0) is 9.59 Å². The average molecular weight is 458 g/mol. The Bertz CT molecular complexity index is 1270. The van der Waals surface area contributed by atoms with E-state index in [1.165, 1.54) is 24.3 Å². The second kappa shape index (κ2) is 10.7. The van der Waals surface area contributed by atoms with E-state index in [4.69, 9.17) is 10.5 Å². The molecule has 0 radical (unpaired) electrons. The summed E-state index contributed by atoms with van der Waals surface area (Å²) in [6.45, 7) is 3.51. The Kier molecular flexibility index (Phi) is 7.50. The smallest absolute Gasteiger partial charge is 0.343 e. The van der Waals surface area contributed by atoms with Crippen molar-refractivity contribution in [3.63, 3.8) is 0 Å². The topological polar surface area (TPSA) is 140 Å². The summed E-state index contributed by atoms with van der Waals surface area (Å²) in [5.74, 6) is -2.85. The van der Waals surface area contributed by atoms with Crippen LogP contribution >= 0.6 is 0 Å². The lowest BCUT2D eigenvalue weighted by molar-refractivity contribution is -0.136. The number of hydrogen-bond acceptors (Lipinski definition) is 6. The highest BCUT2D eigenvalue weighted by molar-refractivity contribution is 6.39. The predicted octanol–water partition coefficient (Wildman–Crippen LogP) is 2.79. The van der Waals surface area contributed by atoms with Crippen molar-refractivity contribution >= 4 is 35.1 Å². The molecule has 0 spiro atoms. The van der Waals surface area contributed by atoms with Crippen LogP contribution < -0.4 is 21.2 Å². The van der Waals surface area contributed by atoms with Gasteiger partial charge in [-0.3, -0.25) is 14.4 Å². The fourth-order valence-corrected chi connectivity index (χ4v) is 2.85. The summed E-state index contributed by atoms with van der Waals surface area (Å²) in [4.78, 5) is 47.8. The van der Waals surface area contributed by atoms with E-state index in [9.17, 15) is 19.2 Å². The Morgan fingerprint density at radius 3 is 2.09 bits per heavy atom. The molecule has 4 N–H and O–H groups in total. The summed E-state index contributed by atoms with van der Waals surface area (Å²) in [5, 5.41) is 6.34. The number of carbonyl (C=O) groups is 4. The molecule has 9 heteroatoms. The monoisotopic (exact) mass is 458 g/mol. The first-order chi connectivity index (χ1) is 16.2. The first-order valence-corrected chi connectivity index (χ1v) is 10.2. The molecule has 0 aromatic heterocycles. The van der Waals surface area contributed by atoms with Gasteiger partial charge in [0.1, 0.15) is 5.75 Å². The summed E-state index contributed by atoms with van der Waals surface area (Å²) < 4.78 is 5.51. The number of nitrogens with zero attached hydrogens (tertiary/aromatic N) is 1. The van der Waals surface area contributed by atoms with Crippen LogP contribution in [0.2, 0.25) is 0 Å². The number of nitrogens with one attached hydrogen (secondary N) is 2. The molecule has 0 fully saturated rings. The zero-order chi connectivity index (χ0) is 24.7. The van der Waals surface area contributed by atoms with E-state index >= 15 is 0 Å². The summed E-state index contributed by atoms with van der Waals surface area (Å²) in [7, 11) is 0. The van der Waals surface area contributed by atoms with Crippen molar-refractivity contribution in [3.8, 4) is 5.75 Å². The van der Waals surface area contributed by atoms with Gasteiger partial charge in [0, 0.05) is 16.8 Å². The number of nitrogens with two attached hydrogens (primary N) is 1. The van der Waals surface area contributed by atoms with Gasteiger partial charge in [-0.25, -0.2) is 10.2 Å². The first-order valence-electron chi connectivity index (χ1n) is 10.2. The summed E-state index contributed by atoms with van der Waals surface area (Å²) in [5.41, 5.74) is 10.1. The highest BCUT2D eigenvalue weighted by Gasteiger charge is 2.16. The van der Waals surface area contributed by atoms with E-state index in [2.05, 4.69) is 15.8 Å². The van der Waals surface area contributed by atoms with Gasteiger partial charge in [-0.1, -0.05) is 29.8 Å².